The maximum absolute atomic E-state index is 12.0. The zero-order chi connectivity index (χ0) is 16.3. The molecular formula is C17H20N2O3. The van der Waals surface area contributed by atoms with Gasteiger partial charge >= 0.3 is 5.97 Å². The van der Waals surface area contributed by atoms with Crippen molar-refractivity contribution in [2.24, 2.45) is 5.92 Å². The van der Waals surface area contributed by atoms with E-state index < -0.39 is 17.4 Å². The van der Waals surface area contributed by atoms with Gasteiger partial charge in [-0.1, -0.05) is 17.7 Å². The largest absolute Gasteiger partial charge is 0.452 e. The highest BCUT2D eigenvalue weighted by Gasteiger charge is 2.43. The van der Waals surface area contributed by atoms with Crippen molar-refractivity contribution in [3.63, 3.8) is 0 Å². The summed E-state index contributed by atoms with van der Waals surface area (Å²) in [5.41, 5.74) is 1.44. The molecule has 116 valence electrons. The van der Waals surface area contributed by atoms with Crippen LogP contribution in [0.15, 0.2) is 18.2 Å². The molecule has 2 rings (SSSR count). The summed E-state index contributed by atoms with van der Waals surface area (Å²) in [6.45, 7) is 5.09. The van der Waals surface area contributed by atoms with E-state index in [1.807, 2.05) is 26.0 Å². The van der Waals surface area contributed by atoms with Crippen molar-refractivity contribution in [1.82, 2.24) is 5.32 Å². The summed E-state index contributed by atoms with van der Waals surface area (Å²) < 4.78 is 5.04. The van der Waals surface area contributed by atoms with Crippen LogP contribution in [0.4, 0.5) is 0 Å². The molecule has 1 aromatic carbocycles. The highest BCUT2D eigenvalue weighted by atomic mass is 16.5. The lowest BCUT2D eigenvalue weighted by Gasteiger charge is -2.22. The van der Waals surface area contributed by atoms with Gasteiger partial charge in [0.1, 0.15) is 5.54 Å². The van der Waals surface area contributed by atoms with Gasteiger partial charge in [-0.2, -0.15) is 5.26 Å². The van der Waals surface area contributed by atoms with Crippen LogP contribution in [0, 0.1) is 31.1 Å². The normalized spacial score (nSPS) is 16.3. The molecule has 22 heavy (non-hydrogen) atoms. The quantitative estimate of drug-likeness (QED) is 0.846. The Labute approximate surface area is 130 Å². The Bertz CT molecular complexity index is 644. The van der Waals surface area contributed by atoms with Crippen molar-refractivity contribution in [3.8, 4) is 6.07 Å². The van der Waals surface area contributed by atoms with E-state index in [9.17, 15) is 14.9 Å². The molecule has 1 amide bonds. The molecule has 5 heteroatoms. The number of amides is 1. The number of nitrogens with one attached hydrogen (secondary N) is 1. The number of nitrogens with zero attached hydrogens (tertiary/aromatic N) is 1. The zero-order valence-corrected chi connectivity index (χ0v) is 13.1. The van der Waals surface area contributed by atoms with Gasteiger partial charge in [0.2, 0.25) is 0 Å². The Kier molecular flexibility index (Phi) is 4.51. The van der Waals surface area contributed by atoms with Gasteiger partial charge in [0, 0.05) is 0 Å². The number of hydrogen-bond acceptors (Lipinski definition) is 4. The minimum Gasteiger partial charge on any atom is -0.452 e. The number of esters is 1. The second-order valence-corrected chi connectivity index (χ2v) is 6.03. The van der Waals surface area contributed by atoms with Crippen LogP contribution in [0.1, 0.15) is 41.3 Å². The molecule has 5 nitrogen and oxygen atoms in total. The molecule has 0 aliphatic heterocycles. The van der Waals surface area contributed by atoms with Crippen LogP contribution < -0.4 is 5.32 Å². The summed E-state index contributed by atoms with van der Waals surface area (Å²) in [7, 11) is 0. The van der Waals surface area contributed by atoms with Gasteiger partial charge in [-0.15, -0.1) is 0 Å². The van der Waals surface area contributed by atoms with E-state index in [1.54, 1.807) is 13.0 Å². The molecule has 1 aromatic rings. The highest BCUT2D eigenvalue weighted by molar-refractivity contribution is 5.92. The van der Waals surface area contributed by atoms with E-state index in [4.69, 9.17) is 4.74 Å². The molecular weight excluding hydrogens is 280 g/mol. The van der Waals surface area contributed by atoms with E-state index in [2.05, 4.69) is 11.4 Å². The molecule has 0 bridgehead atoms. The van der Waals surface area contributed by atoms with Gasteiger partial charge in [0.25, 0.3) is 5.91 Å². The monoisotopic (exact) mass is 300 g/mol. The Morgan fingerprint density at radius 2 is 2.09 bits per heavy atom. The Morgan fingerprint density at radius 3 is 2.64 bits per heavy atom. The second kappa shape index (κ2) is 6.18. The molecule has 0 spiro atoms. The predicted molar refractivity (Wildman–Crippen MR) is 81.1 cm³/mol. The number of carbonyl (C=O) groups is 2. The van der Waals surface area contributed by atoms with Gasteiger partial charge in [-0.3, -0.25) is 4.79 Å². The Hall–Kier alpha value is -2.35. The third-order valence-electron chi connectivity index (χ3n) is 3.96. The number of nitriles is 1. The Morgan fingerprint density at radius 1 is 1.41 bits per heavy atom. The third-order valence-corrected chi connectivity index (χ3v) is 3.96. The molecule has 0 radical (unpaired) electrons. The van der Waals surface area contributed by atoms with Crippen LogP contribution in [0.25, 0.3) is 0 Å². The summed E-state index contributed by atoms with van der Waals surface area (Å²) in [6, 6.07) is 7.53. The highest BCUT2D eigenvalue weighted by Crippen LogP contribution is 2.39. The van der Waals surface area contributed by atoms with Crippen molar-refractivity contribution in [3.05, 3.63) is 34.9 Å². The third kappa shape index (κ3) is 3.64. The summed E-state index contributed by atoms with van der Waals surface area (Å²) >= 11 is 0. The molecule has 1 aliphatic rings. The minimum absolute atomic E-state index is 0.191. The lowest BCUT2D eigenvalue weighted by molar-refractivity contribution is -0.125. The van der Waals surface area contributed by atoms with Gasteiger partial charge in [0.15, 0.2) is 6.61 Å². The van der Waals surface area contributed by atoms with Crippen LogP contribution in [0.5, 0.6) is 0 Å². The fourth-order valence-corrected chi connectivity index (χ4v) is 2.46. The van der Waals surface area contributed by atoms with Crippen molar-refractivity contribution in [1.29, 1.82) is 5.26 Å². The number of rotatable bonds is 5. The summed E-state index contributed by atoms with van der Waals surface area (Å²) in [5, 5.41) is 11.8. The zero-order valence-electron chi connectivity index (χ0n) is 13.1. The average molecular weight is 300 g/mol. The average Bonchev–Trinajstić information content (AvgIpc) is 3.29. The number of carbonyl (C=O) groups excluding carboxylic acids is 2. The SMILES string of the molecule is Cc1ccc(C(=O)OCC(=O)N[C@](C)(C#N)C2CC2)c(C)c1. The van der Waals surface area contributed by atoms with E-state index in [0.29, 0.717) is 5.56 Å². The predicted octanol–water partition coefficient (Wildman–Crippen LogP) is 2.27. The topological polar surface area (TPSA) is 79.2 Å². The minimum atomic E-state index is -0.872. The lowest BCUT2D eigenvalue weighted by atomic mass is 9.98. The fraction of sp³-hybridized carbons (Fsp3) is 0.471. The Balaban J connectivity index is 1.91. The van der Waals surface area contributed by atoms with Gasteiger partial charge in [-0.05, 0) is 51.2 Å². The van der Waals surface area contributed by atoms with Crippen LogP contribution in [0.3, 0.4) is 0 Å². The molecule has 1 saturated carbocycles. The second-order valence-electron chi connectivity index (χ2n) is 6.03. The first-order valence-electron chi connectivity index (χ1n) is 7.32. The van der Waals surface area contributed by atoms with Gasteiger partial charge in [0.05, 0.1) is 11.6 Å². The molecule has 0 unspecified atom stereocenters. The van der Waals surface area contributed by atoms with Gasteiger partial charge in [-0.25, -0.2) is 4.79 Å². The first kappa shape index (κ1) is 16.0. The molecule has 1 atom stereocenters. The van der Waals surface area contributed by atoms with E-state index in [-0.39, 0.29) is 12.5 Å². The molecule has 0 saturated heterocycles. The summed E-state index contributed by atoms with van der Waals surface area (Å²) in [4.78, 5) is 23.9. The molecule has 1 N–H and O–H groups in total. The number of ether oxygens (including phenoxy) is 1. The lowest BCUT2D eigenvalue weighted by Crippen LogP contribution is -2.48. The maximum atomic E-state index is 12.0. The van der Waals surface area contributed by atoms with E-state index >= 15 is 0 Å². The number of aryl methyl sites for hydroxylation is 2. The standard InChI is InChI=1S/C17H20N2O3/c1-11-4-7-14(12(2)8-11)16(21)22-9-15(20)19-17(3,10-18)13-5-6-13/h4,7-8,13H,5-6,9H2,1-3H3,(H,19,20)/t17-/m1/s1. The van der Waals surface area contributed by atoms with E-state index in [1.165, 1.54) is 0 Å². The molecule has 0 aromatic heterocycles. The van der Waals surface area contributed by atoms with Crippen molar-refractivity contribution >= 4 is 11.9 Å². The molecule has 1 aliphatic carbocycles. The first-order chi connectivity index (χ1) is 10.4. The van der Waals surface area contributed by atoms with Crippen LogP contribution in [0.2, 0.25) is 0 Å². The maximum Gasteiger partial charge on any atom is 0.338 e. The van der Waals surface area contributed by atoms with Crippen molar-refractivity contribution in [2.45, 2.75) is 39.2 Å². The van der Waals surface area contributed by atoms with Crippen LogP contribution in [-0.2, 0) is 9.53 Å². The van der Waals surface area contributed by atoms with Crippen LogP contribution >= 0.6 is 0 Å². The molecule has 1 fully saturated rings. The van der Waals surface area contributed by atoms with E-state index in [0.717, 1.165) is 24.0 Å². The first-order valence-corrected chi connectivity index (χ1v) is 7.32. The van der Waals surface area contributed by atoms with Crippen molar-refractivity contribution < 1.29 is 14.3 Å². The van der Waals surface area contributed by atoms with Crippen LogP contribution in [-0.4, -0.2) is 24.0 Å². The van der Waals surface area contributed by atoms with Gasteiger partial charge < -0.3 is 10.1 Å². The fourth-order valence-electron chi connectivity index (χ4n) is 2.46. The number of benzene rings is 1. The number of hydrogen-bond donors (Lipinski definition) is 1. The smallest absolute Gasteiger partial charge is 0.338 e. The summed E-state index contributed by atoms with van der Waals surface area (Å²) in [5.74, 6) is -0.789. The summed E-state index contributed by atoms with van der Waals surface area (Å²) in [6.07, 6.45) is 1.87. The van der Waals surface area contributed by atoms with Crippen molar-refractivity contribution in [2.75, 3.05) is 6.61 Å². The molecule has 0 heterocycles.